The normalized spacial score (nSPS) is 14.5. The number of aliphatic hydroxyl groups is 4. The Kier molecular flexibility index (Phi) is 36.7. The fourth-order valence-corrected chi connectivity index (χ4v) is 1.09. The van der Waals surface area contributed by atoms with E-state index in [2.05, 4.69) is 18.9 Å². The summed E-state index contributed by atoms with van der Waals surface area (Å²) < 4.78 is 18.3. The van der Waals surface area contributed by atoms with Crippen LogP contribution in [-0.2, 0) is 45.2 Å². The van der Waals surface area contributed by atoms with Crippen LogP contribution in [0.4, 0.5) is 0 Å². The maximum absolute atomic E-state index is 8.71. The van der Waals surface area contributed by atoms with E-state index in [1.54, 1.807) is 0 Å². The van der Waals surface area contributed by atoms with Gasteiger partial charge in [-0.3, -0.25) is 0 Å². The van der Waals surface area contributed by atoms with Gasteiger partial charge >= 0.3 is 0 Å². The second-order valence-electron chi connectivity index (χ2n) is 7.48. The minimum Gasteiger partial charge on any atom is -0.368 e. The molecule has 0 aromatic rings. The van der Waals surface area contributed by atoms with Gasteiger partial charge in [-0.25, -0.2) is 0 Å². The average Bonchev–Trinajstić information content (AvgIpc) is 2.66. The van der Waals surface area contributed by atoms with Crippen molar-refractivity contribution in [2.24, 2.45) is 23.7 Å². The first-order chi connectivity index (χ1) is 12.7. The number of rotatable bonds is 8. The van der Waals surface area contributed by atoms with Crippen LogP contribution in [0.1, 0.15) is 55.4 Å². The van der Waals surface area contributed by atoms with Crippen LogP contribution in [0.2, 0.25) is 0 Å². The summed E-state index contributed by atoms with van der Waals surface area (Å²) in [5, 5.41) is 34.9. The Balaban J connectivity index is -0.0000000873. The van der Waals surface area contributed by atoms with E-state index in [-0.39, 0.29) is 49.9 Å². The number of hydrogen-bond donors (Lipinski definition) is 4. The van der Waals surface area contributed by atoms with Gasteiger partial charge in [0.05, 0.1) is 0 Å². The second kappa shape index (κ2) is 26.6. The molecule has 0 rings (SSSR count). The van der Waals surface area contributed by atoms with E-state index in [0.717, 1.165) is 0 Å². The Morgan fingerprint density at radius 2 is 0.483 bits per heavy atom. The van der Waals surface area contributed by atoms with E-state index in [1.165, 1.54) is 28.4 Å². The van der Waals surface area contributed by atoms with Crippen molar-refractivity contribution in [2.45, 2.75) is 80.6 Å². The molecule has 0 radical (unpaired) electrons. The molecule has 0 aliphatic carbocycles. The molecule has 4 atom stereocenters. The smallest absolute Gasteiger partial charge is 0.156 e. The van der Waals surface area contributed by atoms with Crippen LogP contribution in [0, 0.1) is 23.7 Å². The SMILES string of the molecule is COC(O)C(C)C.COC(O)C(C)C.COC(O)C(C)C.COC(O)C(C)C.[Zr]. The van der Waals surface area contributed by atoms with Crippen molar-refractivity contribution >= 4 is 0 Å². The Bertz CT molecular complexity index is 236. The van der Waals surface area contributed by atoms with Crippen molar-refractivity contribution in [1.29, 1.82) is 0 Å². The van der Waals surface area contributed by atoms with Crippen molar-refractivity contribution in [3.8, 4) is 0 Å². The molecule has 0 saturated carbocycles. The minimum absolute atomic E-state index is 0. The first-order valence-corrected chi connectivity index (χ1v) is 9.56. The molecule has 0 aliphatic rings. The predicted octanol–water partition coefficient (Wildman–Crippen LogP) is 2.43. The monoisotopic (exact) mass is 506 g/mol. The molecule has 0 fully saturated rings. The molecule has 180 valence electrons. The van der Waals surface area contributed by atoms with Gasteiger partial charge in [-0.05, 0) is 0 Å². The minimum atomic E-state index is -0.597. The summed E-state index contributed by atoms with van der Waals surface area (Å²) in [6.07, 6.45) is -2.39. The maximum Gasteiger partial charge on any atom is 0.156 e. The van der Waals surface area contributed by atoms with Gasteiger partial charge in [-0.1, -0.05) is 55.4 Å². The molecule has 8 nitrogen and oxygen atoms in total. The van der Waals surface area contributed by atoms with Crippen LogP contribution >= 0.6 is 0 Å². The number of methoxy groups -OCH3 is 4. The summed E-state index contributed by atoms with van der Waals surface area (Å²) in [5.41, 5.74) is 0. The fourth-order valence-electron chi connectivity index (χ4n) is 1.09. The molecule has 0 aliphatic heterocycles. The summed E-state index contributed by atoms with van der Waals surface area (Å²) in [6.45, 7) is 15.2. The topological polar surface area (TPSA) is 118 Å². The molecule has 0 heterocycles. The summed E-state index contributed by atoms with van der Waals surface area (Å²) in [5.74, 6) is 0.796. The Hall–Kier alpha value is 0.563. The second-order valence-corrected chi connectivity index (χ2v) is 7.48. The molecule has 0 aromatic heterocycles. The van der Waals surface area contributed by atoms with Crippen LogP contribution in [0.3, 0.4) is 0 Å². The van der Waals surface area contributed by atoms with Crippen molar-refractivity contribution in [3.05, 3.63) is 0 Å². The van der Waals surface area contributed by atoms with Crippen molar-refractivity contribution in [2.75, 3.05) is 28.4 Å². The predicted molar refractivity (Wildman–Crippen MR) is 111 cm³/mol. The maximum atomic E-state index is 8.71. The van der Waals surface area contributed by atoms with Gasteiger partial charge in [0.25, 0.3) is 0 Å². The number of hydrogen-bond acceptors (Lipinski definition) is 8. The largest absolute Gasteiger partial charge is 0.368 e. The Labute approximate surface area is 198 Å². The molecule has 0 bridgehead atoms. The number of aliphatic hydroxyl groups excluding tert-OH is 4. The summed E-state index contributed by atoms with van der Waals surface area (Å²) >= 11 is 0. The molecule has 0 amide bonds. The van der Waals surface area contributed by atoms with Crippen LogP contribution < -0.4 is 0 Å². The number of ether oxygens (including phenoxy) is 4. The third-order valence-corrected chi connectivity index (χ3v) is 3.25. The van der Waals surface area contributed by atoms with Crippen molar-refractivity contribution < 1.29 is 65.6 Å². The van der Waals surface area contributed by atoms with Crippen LogP contribution in [-0.4, -0.2) is 74.0 Å². The molecule has 0 saturated heterocycles. The van der Waals surface area contributed by atoms with E-state index in [0.29, 0.717) is 0 Å². The van der Waals surface area contributed by atoms with Gasteiger partial charge in [0, 0.05) is 78.3 Å². The van der Waals surface area contributed by atoms with Gasteiger partial charge in [-0.15, -0.1) is 0 Å². The molecule has 4 unspecified atom stereocenters. The average molecular weight is 508 g/mol. The van der Waals surface area contributed by atoms with Crippen LogP contribution in [0.15, 0.2) is 0 Å². The van der Waals surface area contributed by atoms with Crippen molar-refractivity contribution in [1.82, 2.24) is 0 Å². The summed E-state index contributed by atoms with van der Waals surface area (Å²) in [7, 11) is 5.96. The van der Waals surface area contributed by atoms with Gasteiger partial charge in [0.2, 0.25) is 0 Å². The third kappa shape index (κ3) is 33.4. The molecular formula is C20H48O8Zr. The van der Waals surface area contributed by atoms with E-state index in [9.17, 15) is 0 Å². The van der Waals surface area contributed by atoms with Gasteiger partial charge in [0.15, 0.2) is 25.2 Å². The van der Waals surface area contributed by atoms with Crippen molar-refractivity contribution in [3.63, 3.8) is 0 Å². The van der Waals surface area contributed by atoms with Gasteiger partial charge < -0.3 is 39.4 Å². The molecule has 9 heteroatoms. The zero-order valence-electron chi connectivity index (χ0n) is 20.5. The van der Waals surface area contributed by atoms with Gasteiger partial charge in [0.1, 0.15) is 0 Å². The summed E-state index contributed by atoms with van der Waals surface area (Å²) in [4.78, 5) is 0. The molecule has 4 N–H and O–H groups in total. The Morgan fingerprint density at radius 1 is 0.379 bits per heavy atom. The van der Waals surface area contributed by atoms with E-state index in [4.69, 9.17) is 20.4 Å². The van der Waals surface area contributed by atoms with E-state index >= 15 is 0 Å². The van der Waals surface area contributed by atoms with Crippen LogP contribution in [0.5, 0.6) is 0 Å². The standard InChI is InChI=1S/4C5H12O2.Zr/c4*1-4(2)5(6)7-3;/h4*4-6H,1-3H3;. The Morgan fingerprint density at radius 3 is 0.483 bits per heavy atom. The zero-order chi connectivity index (χ0) is 23.4. The van der Waals surface area contributed by atoms with Gasteiger partial charge in [-0.2, -0.15) is 0 Å². The summed E-state index contributed by atoms with van der Waals surface area (Å²) in [6, 6.07) is 0. The first kappa shape index (κ1) is 40.0. The van der Waals surface area contributed by atoms with Crippen LogP contribution in [0.25, 0.3) is 0 Å². The van der Waals surface area contributed by atoms with E-state index in [1.807, 2.05) is 55.4 Å². The molecule has 0 aromatic carbocycles. The fraction of sp³-hybridized carbons (Fsp3) is 1.00. The molecule has 0 spiro atoms. The molecule has 29 heavy (non-hydrogen) atoms. The molecular weight excluding hydrogens is 459 g/mol. The third-order valence-electron chi connectivity index (χ3n) is 3.25. The first-order valence-electron chi connectivity index (χ1n) is 9.56. The zero-order valence-corrected chi connectivity index (χ0v) is 23.0. The van der Waals surface area contributed by atoms with E-state index < -0.39 is 25.2 Å². The quantitative estimate of drug-likeness (QED) is 0.370.